The van der Waals surface area contributed by atoms with Gasteiger partial charge < -0.3 is 5.32 Å². The molecule has 1 N–H and O–H groups in total. The smallest absolute Gasteiger partial charge is 0.293 e. The topological polar surface area (TPSA) is 84.3 Å². The highest BCUT2D eigenvalue weighted by atomic mass is 32.2. The first kappa shape index (κ1) is 20.5. The lowest BCUT2D eigenvalue weighted by Crippen LogP contribution is -2.37. The minimum absolute atomic E-state index is 0.0242. The lowest BCUT2D eigenvalue weighted by Gasteiger charge is -2.13. The highest BCUT2D eigenvalue weighted by molar-refractivity contribution is 8.18. The van der Waals surface area contributed by atoms with E-state index in [0.717, 1.165) is 22.3 Å². The summed E-state index contributed by atoms with van der Waals surface area (Å²) in [4.78, 5) is 38.2. The zero-order valence-electron chi connectivity index (χ0n) is 16.2. The van der Waals surface area contributed by atoms with E-state index >= 15 is 0 Å². The maximum Gasteiger partial charge on any atom is 0.293 e. The minimum atomic E-state index is -0.504. The fourth-order valence-corrected chi connectivity index (χ4v) is 3.85. The van der Waals surface area contributed by atoms with Gasteiger partial charge in [-0.05, 0) is 54.2 Å². The fraction of sp³-hybridized carbons (Fsp3) is 0.0909. The monoisotopic (exact) mass is 436 g/mol. The third-order valence-corrected chi connectivity index (χ3v) is 5.49. The number of halogens is 1. The predicted octanol–water partition coefficient (Wildman–Crippen LogP) is 3.48. The number of aromatic nitrogens is 2. The van der Waals surface area contributed by atoms with Crippen molar-refractivity contribution in [2.45, 2.75) is 0 Å². The number of imide groups is 1. The van der Waals surface area contributed by atoms with Gasteiger partial charge in [0.25, 0.3) is 17.1 Å². The second kappa shape index (κ2) is 8.97. The number of thioether (sulfide) groups is 1. The average Bonchev–Trinajstić information content (AvgIpc) is 3.40. The van der Waals surface area contributed by atoms with Crippen LogP contribution in [0.4, 0.5) is 9.18 Å². The van der Waals surface area contributed by atoms with E-state index in [2.05, 4.69) is 10.4 Å². The van der Waals surface area contributed by atoms with Crippen molar-refractivity contribution < 1.29 is 18.8 Å². The van der Waals surface area contributed by atoms with Crippen LogP contribution < -0.4 is 5.32 Å². The van der Waals surface area contributed by atoms with Gasteiger partial charge in [0, 0.05) is 36.6 Å². The standard InChI is InChI=1S/C22H17FN4O3S/c23-18-5-2-1-4-16(18)14-19-21(29)26(22(30)31-19)13-11-24-20(28)15-6-8-17(9-7-15)27-12-3-10-25-27/h1-10,12,14H,11,13H2,(H,24,28). The molecule has 0 atom stereocenters. The van der Waals surface area contributed by atoms with Crippen LogP contribution in [0.5, 0.6) is 0 Å². The SMILES string of the molecule is O=C(NCCN1C(=O)SC(=Cc2ccccc2F)C1=O)c1ccc(-n2cccn2)cc1. The molecule has 31 heavy (non-hydrogen) atoms. The van der Waals surface area contributed by atoms with Gasteiger partial charge in [-0.25, -0.2) is 9.07 Å². The highest BCUT2D eigenvalue weighted by Crippen LogP contribution is 2.32. The molecule has 0 bridgehead atoms. The zero-order valence-corrected chi connectivity index (χ0v) is 17.0. The first-order valence-electron chi connectivity index (χ1n) is 9.41. The molecule has 156 valence electrons. The summed E-state index contributed by atoms with van der Waals surface area (Å²) in [5.41, 5.74) is 1.50. The van der Waals surface area contributed by atoms with Gasteiger partial charge in [0.05, 0.1) is 10.6 Å². The van der Waals surface area contributed by atoms with Gasteiger partial charge in [0.2, 0.25) is 0 Å². The van der Waals surface area contributed by atoms with Gasteiger partial charge in [-0.15, -0.1) is 0 Å². The molecule has 2 heterocycles. The molecule has 3 aromatic rings. The summed E-state index contributed by atoms with van der Waals surface area (Å²) in [5.74, 6) is -1.29. The van der Waals surface area contributed by atoms with Crippen molar-refractivity contribution in [3.8, 4) is 5.69 Å². The van der Waals surface area contributed by atoms with Gasteiger partial charge in [0.1, 0.15) is 5.82 Å². The lowest BCUT2D eigenvalue weighted by atomic mass is 10.2. The molecule has 1 aliphatic heterocycles. The first-order chi connectivity index (χ1) is 15.0. The van der Waals surface area contributed by atoms with Crippen molar-refractivity contribution in [2.24, 2.45) is 0 Å². The van der Waals surface area contributed by atoms with Crippen LogP contribution in [0.3, 0.4) is 0 Å². The van der Waals surface area contributed by atoms with Crippen LogP contribution in [0.1, 0.15) is 15.9 Å². The number of nitrogens with one attached hydrogen (secondary N) is 1. The quantitative estimate of drug-likeness (QED) is 0.598. The molecule has 0 saturated carbocycles. The molecule has 1 aliphatic rings. The van der Waals surface area contributed by atoms with E-state index in [9.17, 15) is 18.8 Å². The van der Waals surface area contributed by atoms with E-state index in [1.165, 1.54) is 18.2 Å². The van der Waals surface area contributed by atoms with Crippen LogP contribution in [0, 0.1) is 5.82 Å². The molecular formula is C22H17FN4O3S. The normalized spacial score (nSPS) is 15.0. The number of carbonyl (C=O) groups is 3. The minimum Gasteiger partial charge on any atom is -0.350 e. The molecular weight excluding hydrogens is 419 g/mol. The van der Waals surface area contributed by atoms with Crippen molar-refractivity contribution in [2.75, 3.05) is 13.1 Å². The number of benzene rings is 2. The Morgan fingerprint density at radius 3 is 2.58 bits per heavy atom. The molecule has 0 aliphatic carbocycles. The van der Waals surface area contributed by atoms with Crippen molar-refractivity contribution in [1.29, 1.82) is 0 Å². The van der Waals surface area contributed by atoms with Crippen LogP contribution in [0.2, 0.25) is 0 Å². The number of rotatable bonds is 6. The molecule has 0 unspecified atom stereocenters. The van der Waals surface area contributed by atoms with E-state index < -0.39 is 17.0 Å². The van der Waals surface area contributed by atoms with Gasteiger partial charge >= 0.3 is 0 Å². The molecule has 4 rings (SSSR count). The van der Waals surface area contributed by atoms with Crippen molar-refractivity contribution >= 4 is 34.9 Å². The Labute approximate surface area is 181 Å². The van der Waals surface area contributed by atoms with Gasteiger partial charge in [-0.3, -0.25) is 19.3 Å². The van der Waals surface area contributed by atoms with Crippen molar-refractivity contribution in [3.05, 3.63) is 88.8 Å². The van der Waals surface area contributed by atoms with E-state index in [4.69, 9.17) is 0 Å². The van der Waals surface area contributed by atoms with E-state index in [-0.39, 0.29) is 29.5 Å². The summed E-state index contributed by atoms with van der Waals surface area (Å²) in [6, 6.07) is 14.7. The third kappa shape index (κ3) is 4.56. The second-order valence-electron chi connectivity index (χ2n) is 6.61. The van der Waals surface area contributed by atoms with Crippen LogP contribution in [-0.2, 0) is 4.79 Å². The molecule has 1 saturated heterocycles. The van der Waals surface area contributed by atoms with Crippen LogP contribution in [0.25, 0.3) is 11.8 Å². The van der Waals surface area contributed by atoms with E-state index in [1.54, 1.807) is 59.5 Å². The molecule has 0 spiro atoms. The molecule has 0 radical (unpaired) electrons. The van der Waals surface area contributed by atoms with Gasteiger partial charge in [-0.1, -0.05) is 18.2 Å². The molecule has 2 aromatic carbocycles. The summed E-state index contributed by atoms with van der Waals surface area (Å²) in [5, 5.41) is 6.37. The molecule has 3 amide bonds. The van der Waals surface area contributed by atoms with Crippen molar-refractivity contribution in [3.63, 3.8) is 0 Å². The summed E-state index contributed by atoms with van der Waals surface area (Å²) in [6.45, 7) is 0.126. The first-order valence-corrected chi connectivity index (χ1v) is 10.2. The number of amides is 3. The maximum absolute atomic E-state index is 13.8. The number of hydrogen-bond acceptors (Lipinski definition) is 5. The summed E-state index contributed by atoms with van der Waals surface area (Å²) in [7, 11) is 0. The Hall–Kier alpha value is -3.72. The summed E-state index contributed by atoms with van der Waals surface area (Å²) < 4.78 is 15.5. The number of nitrogens with zero attached hydrogens (tertiary/aromatic N) is 3. The average molecular weight is 436 g/mol. The number of hydrogen-bond donors (Lipinski definition) is 1. The summed E-state index contributed by atoms with van der Waals surface area (Å²) >= 11 is 0.752. The van der Waals surface area contributed by atoms with Gasteiger partial charge in [0.15, 0.2) is 0 Å². The predicted molar refractivity (Wildman–Crippen MR) is 115 cm³/mol. The Morgan fingerprint density at radius 2 is 1.87 bits per heavy atom. The maximum atomic E-state index is 13.8. The fourth-order valence-electron chi connectivity index (χ4n) is 3.00. The molecule has 9 heteroatoms. The Bertz CT molecular complexity index is 1160. The highest BCUT2D eigenvalue weighted by Gasteiger charge is 2.34. The van der Waals surface area contributed by atoms with Gasteiger partial charge in [-0.2, -0.15) is 5.10 Å². The van der Waals surface area contributed by atoms with Crippen LogP contribution in [0.15, 0.2) is 71.9 Å². The Kier molecular flexibility index (Phi) is 5.94. The lowest BCUT2D eigenvalue weighted by molar-refractivity contribution is -0.122. The zero-order chi connectivity index (χ0) is 21.8. The summed E-state index contributed by atoms with van der Waals surface area (Å²) in [6.07, 6.45) is 4.82. The van der Waals surface area contributed by atoms with Crippen LogP contribution in [-0.4, -0.2) is 44.8 Å². The number of carbonyl (C=O) groups excluding carboxylic acids is 3. The molecule has 1 aromatic heterocycles. The second-order valence-corrected chi connectivity index (χ2v) is 7.60. The molecule has 7 nitrogen and oxygen atoms in total. The largest absolute Gasteiger partial charge is 0.350 e. The van der Waals surface area contributed by atoms with E-state index in [0.29, 0.717) is 5.56 Å². The van der Waals surface area contributed by atoms with E-state index in [1.807, 2.05) is 0 Å². The Balaban J connectivity index is 1.34. The Morgan fingerprint density at radius 1 is 1.10 bits per heavy atom. The van der Waals surface area contributed by atoms with Crippen molar-refractivity contribution in [1.82, 2.24) is 20.0 Å². The third-order valence-electron chi connectivity index (χ3n) is 4.58. The molecule has 1 fully saturated rings. The van der Waals surface area contributed by atoms with Crippen LogP contribution >= 0.6 is 11.8 Å².